The molecule has 0 aliphatic rings. The number of halogens is 2. The molecule has 1 aromatic carbocycles. The second-order valence-corrected chi connectivity index (χ2v) is 4.86. The molecule has 14 heavy (non-hydrogen) atoms. The van der Waals surface area contributed by atoms with Gasteiger partial charge >= 0.3 is 0 Å². The van der Waals surface area contributed by atoms with Gasteiger partial charge in [0.25, 0.3) is 0 Å². The van der Waals surface area contributed by atoms with E-state index >= 15 is 0 Å². The summed E-state index contributed by atoms with van der Waals surface area (Å²) in [6.45, 7) is 5.79. The maximum Gasteiger partial charge on any atom is 0.133 e. The fourth-order valence-corrected chi connectivity index (χ4v) is 1.27. The summed E-state index contributed by atoms with van der Waals surface area (Å²) in [6.07, 6.45) is 1.88. The summed E-state index contributed by atoms with van der Waals surface area (Å²) >= 11 is 3.45. The van der Waals surface area contributed by atoms with Crippen LogP contribution in [0.15, 0.2) is 23.8 Å². The van der Waals surface area contributed by atoms with Crippen LogP contribution in [-0.2, 0) is 0 Å². The summed E-state index contributed by atoms with van der Waals surface area (Å²) < 4.78 is 13.6. The van der Waals surface area contributed by atoms with E-state index < -0.39 is 0 Å². The number of benzene rings is 1. The third kappa shape index (κ3) is 2.68. The molecule has 1 rings (SSSR count). The van der Waals surface area contributed by atoms with E-state index in [0.29, 0.717) is 11.1 Å². The number of aryl methyl sites for hydroxylation is 1. The normalized spacial score (nSPS) is 14.2. The van der Waals surface area contributed by atoms with Gasteiger partial charge in [-0.2, -0.15) is 0 Å². The highest BCUT2D eigenvalue weighted by Crippen LogP contribution is 2.18. The highest BCUT2D eigenvalue weighted by Gasteiger charge is 2.04. The Balaban J connectivity index is 3.09. The fourth-order valence-electron chi connectivity index (χ4n) is 1.14. The number of hydrogen-bond acceptors (Lipinski definition) is 0. The van der Waals surface area contributed by atoms with E-state index in [0.717, 1.165) is 5.57 Å². The lowest BCUT2D eigenvalue weighted by Crippen LogP contribution is -1.93. The van der Waals surface area contributed by atoms with Crippen LogP contribution >= 0.6 is 15.9 Å². The average Bonchev–Trinajstić information content (AvgIpc) is 2.12. The van der Waals surface area contributed by atoms with Gasteiger partial charge in [0.05, 0.1) is 0 Å². The molecule has 0 N–H and O–H groups in total. The van der Waals surface area contributed by atoms with E-state index in [1.807, 2.05) is 26.0 Å². The zero-order chi connectivity index (χ0) is 10.7. The van der Waals surface area contributed by atoms with Gasteiger partial charge in [-0.25, -0.2) is 4.39 Å². The molecule has 0 aliphatic carbocycles. The molecule has 0 aromatic heterocycles. The number of alkyl halides is 1. The second kappa shape index (κ2) is 4.74. The summed E-state index contributed by atoms with van der Waals surface area (Å²) in [5, 5.41) is 0. The smallest absolute Gasteiger partial charge is 0.133 e. The minimum Gasteiger partial charge on any atom is -0.206 e. The SMILES string of the molecule is C/C(=C\c1cccc(C)c1F)C(C)Br. The molecule has 0 saturated heterocycles. The van der Waals surface area contributed by atoms with Crippen LogP contribution in [0.25, 0.3) is 6.08 Å². The van der Waals surface area contributed by atoms with Crippen molar-refractivity contribution in [3.63, 3.8) is 0 Å². The molecule has 0 spiro atoms. The Kier molecular flexibility index (Phi) is 3.87. The van der Waals surface area contributed by atoms with Crippen molar-refractivity contribution in [2.45, 2.75) is 25.6 Å². The van der Waals surface area contributed by atoms with Gasteiger partial charge in [0, 0.05) is 10.4 Å². The molecule has 0 bridgehead atoms. The van der Waals surface area contributed by atoms with Gasteiger partial charge < -0.3 is 0 Å². The zero-order valence-electron chi connectivity index (χ0n) is 8.64. The van der Waals surface area contributed by atoms with Crippen LogP contribution in [-0.4, -0.2) is 4.83 Å². The molecule has 0 saturated carbocycles. The fraction of sp³-hybridized carbons (Fsp3) is 0.333. The lowest BCUT2D eigenvalue weighted by molar-refractivity contribution is 0.615. The number of hydrogen-bond donors (Lipinski definition) is 0. The summed E-state index contributed by atoms with van der Waals surface area (Å²) in [7, 11) is 0. The summed E-state index contributed by atoms with van der Waals surface area (Å²) in [5.41, 5.74) is 2.47. The van der Waals surface area contributed by atoms with Crippen molar-refractivity contribution in [2.24, 2.45) is 0 Å². The third-order valence-corrected chi connectivity index (χ3v) is 2.95. The van der Waals surface area contributed by atoms with Crippen LogP contribution in [0.2, 0.25) is 0 Å². The van der Waals surface area contributed by atoms with Gasteiger partial charge in [-0.1, -0.05) is 45.8 Å². The van der Waals surface area contributed by atoms with Crippen molar-refractivity contribution >= 4 is 22.0 Å². The van der Waals surface area contributed by atoms with Crippen molar-refractivity contribution < 1.29 is 4.39 Å². The molecule has 1 atom stereocenters. The maximum absolute atomic E-state index is 13.6. The molecule has 0 amide bonds. The van der Waals surface area contributed by atoms with E-state index in [9.17, 15) is 4.39 Å². The lowest BCUT2D eigenvalue weighted by atomic mass is 10.1. The minimum absolute atomic E-state index is 0.125. The van der Waals surface area contributed by atoms with Crippen LogP contribution in [0.4, 0.5) is 4.39 Å². The molecule has 1 aromatic rings. The third-order valence-electron chi connectivity index (χ3n) is 2.23. The van der Waals surface area contributed by atoms with Gasteiger partial charge in [0.1, 0.15) is 5.82 Å². The first-order chi connectivity index (χ1) is 6.52. The molecule has 1 unspecified atom stereocenters. The highest BCUT2D eigenvalue weighted by atomic mass is 79.9. The summed E-state index contributed by atoms with van der Waals surface area (Å²) in [4.78, 5) is 0.280. The van der Waals surface area contributed by atoms with E-state index in [2.05, 4.69) is 15.9 Å². The summed E-state index contributed by atoms with van der Waals surface area (Å²) in [6, 6.07) is 5.44. The predicted octanol–water partition coefficient (Wildman–Crippen LogP) is 4.32. The van der Waals surface area contributed by atoms with Crippen molar-refractivity contribution in [2.75, 3.05) is 0 Å². The molecule has 0 heterocycles. The quantitative estimate of drug-likeness (QED) is 0.692. The van der Waals surface area contributed by atoms with Gasteiger partial charge in [-0.3, -0.25) is 0 Å². The van der Waals surface area contributed by atoms with Crippen molar-refractivity contribution in [1.82, 2.24) is 0 Å². The zero-order valence-corrected chi connectivity index (χ0v) is 10.2. The number of rotatable bonds is 2. The Hall–Kier alpha value is -0.630. The Morgan fingerprint density at radius 3 is 2.71 bits per heavy atom. The van der Waals surface area contributed by atoms with Gasteiger partial charge in [0.15, 0.2) is 0 Å². The van der Waals surface area contributed by atoms with Crippen LogP contribution in [0, 0.1) is 12.7 Å². The maximum atomic E-state index is 13.6. The average molecular weight is 257 g/mol. The van der Waals surface area contributed by atoms with E-state index in [4.69, 9.17) is 0 Å². The van der Waals surface area contributed by atoms with E-state index in [1.165, 1.54) is 0 Å². The number of allylic oxidation sites excluding steroid dienone is 1. The topological polar surface area (TPSA) is 0 Å². The standard InChI is InChI=1S/C12H14BrF/c1-8-5-4-6-11(12(8)14)7-9(2)10(3)13/h4-7,10H,1-3H3/b9-7+. The van der Waals surface area contributed by atoms with Crippen LogP contribution < -0.4 is 0 Å². The van der Waals surface area contributed by atoms with Crippen molar-refractivity contribution in [1.29, 1.82) is 0 Å². The molecular formula is C12H14BrF. The summed E-state index contributed by atoms with van der Waals surface area (Å²) in [5.74, 6) is -0.125. The van der Waals surface area contributed by atoms with Gasteiger partial charge in [-0.15, -0.1) is 0 Å². The molecule has 0 nitrogen and oxygen atoms in total. The largest absolute Gasteiger partial charge is 0.206 e. The Morgan fingerprint density at radius 2 is 2.14 bits per heavy atom. The van der Waals surface area contributed by atoms with Gasteiger partial charge in [-0.05, 0) is 26.3 Å². The van der Waals surface area contributed by atoms with Crippen LogP contribution in [0.3, 0.4) is 0 Å². The Labute approximate surface area is 93.0 Å². The first-order valence-electron chi connectivity index (χ1n) is 4.59. The second-order valence-electron chi connectivity index (χ2n) is 3.48. The highest BCUT2D eigenvalue weighted by molar-refractivity contribution is 9.09. The minimum atomic E-state index is -0.125. The Bertz CT molecular complexity index is 353. The molecule has 2 heteroatoms. The Morgan fingerprint density at radius 1 is 1.50 bits per heavy atom. The van der Waals surface area contributed by atoms with Crippen molar-refractivity contribution in [3.05, 3.63) is 40.7 Å². The van der Waals surface area contributed by atoms with Crippen molar-refractivity contribution in [3.8, 4) is 0 Å². The first-order valence-corrected chi connectivity index (χ1v) is 5.51. The van der Waals surface area contributed by atoms with Crippen LogP contribution in [0.1, 0.15) is 25.0 Å². The van der Waals surface area contributed by atoms with Crippen LogP contribution in [0.5, 0.6) is 0 Å². The molecule has 76 valence electrons. The molecule has 0 aliphatic heterocycles. The van der Waals surface area contributed by atoms with E-state index in [1.54, 1.807) is 19.1 Å². The monoisotopic (exact) mass is 256 g/mol. The van der Waals surface area contributed by atoms with E-state index in [-0.39, 0.29) is 10.6 Å². The van der Waals surface area contributed by atoms with Gasteiger partial charge in [0.2, 0.25) is 0 Å². The molecular weight excluding hydrogens is 243 g/mol. The predicted molar refractivity (Wildman–Crippen MR) is 63.2 cm³/mol. The lowest BCUT2D eigenvalue weighted by Gasteiger charge is -2.05. The molecule has 0 fully saturated rings. The molecule has 0 radical (unpaired) electrons. The first kappa shape index (κ1) is 11.4.